The van der Waals surface area contributed by atoms with Gasteiger partial charge in [0.1, 0.15) is 6.07 Å². The van der Waals surface area contributed by atoms with Crippen LogP contribution in [0.1, 0.15) is 53.4 Å². The molecule has 2 aliphatic rings. The summed E-state index contributed by atoms with van der Waals surface area (Å²) in [7, 11) is 0. The highest BCUT2D eigenvalue weighted by molar-refractivity contribution is 6.23. The molecule has 0 aromatic carbocycles. The molecule has 1 aliphatic heterocycles. The van der Waals surface area contributed by atoms with Crippen LogP contribution in [0.5, 0.6) is 0 Å². The third-order valence-electron chi connectivity index (χ3n) is 4.64. The van der Waals surface area contributed by atoms with Crippen molar-refractivity contribution in [1.29, 1.82) is 5.26 Å². The molecule has 0 aromatic heterocycles. The number of ketones is 2. The first-order valence-electron chi connectivity index (χ1n) is 7.90. The van der Waals surface area contributed by atoms with Crippen molar-refractivity contribution in [2.75, 3.05) is 13.1 Å². The molecule has 4 nitrogen and oxygen atoms in total. The van der Waals surface area contributed by atoms with E-state index in [4.69, 9.17) is 0 Å². The highest BCUT2D eigenvalue weighted by Crippen LogP contribution is 2.36. The molecule has 4 heteroatoms. The number of nitriles is 1. The van der Waals surface area contributed by atoms with E-state index in [0.29, 0.717) is 24.0 Å². The number of Topliss-reactive ketones (excluding diaryl/α,β-unsaturated/α-hetero) is 2. The first-order valence-corrected chi connectivity index (χ1v) is 7.90. The van der Waals surface area contributed by atoms with Crippen LogP contribution >= 0.6 is 0 Å². The molecule has 0 N–H and O–H groups in total. The van der Waals surface area contributed by atoms with Gasteiger partial charge in [-0.05, 0) is 37.7 Å². The second-order valence-corrected chi connectivity index (χ2v) is 7.13. The fourth-order valence-corrected chi connectivity index (χ4v) is 3.45. The molecule has 0 radical (unpaired) electrons. The highest BCUT2D eigenvalue weighted by Gasteiger charge is 2.37. The predicted octanol–water partition coefficient (Wildman–Crippen LogP) is 3.15. The minimum absolute atomic E-state index is 0.124. The molecular formula is C18H24N2O2. The van der Waals surface area contributed by atoms with E-state index in [1.807, 2.05) is 20.8 Å². The van der Waals surface area contributed by atoms with Gasteiger partial charge in [0, 0.05) is 31.6 Å². The van der Waals surface area contributed by atoms with E-state index in [9.17, 15) is 14.9 Å². The van der Waals surface area contributed by atoms with Gasteiger partial charge in [-0.15, -0.1) is 0 Å². The van der Waals surface area contributed by atoms with Gasteiger partial charge in [-0.3, -0.25) is 9.59 Å². The van der Waals surface area contributed by atoms with Crippen molar-refractivity contribution in [3.8, 4) is 6.07 Å². The summed E-state index contributed by atoms with van der Waals surface area (Å²) < 4.78 is 0. The third-order valence-corrected chi connectivity index (χ3v) is 4.64. The van der Waals surface area contributed by atoms with Gasteiger partial charge in [-0.2, -0.15) is 5.26 Å². The van der Waals surface area contributed by atoms with E-state index < -0.39 is 0 Å². The number of rotatable bonds is 2. The quantitative estimate of drug-likeness (QED) is 0.446. The Hall–Kier alpha value is -1.89. The van der Waals surface area contributed by atoms with Gasteiger partial charge in [0.2, 0.25) is 0 Å². The standard InChI is InChI=1S/C18H24N2O2/c1-12(14(11-19)13(2)20-7-5-6-8-20)17-15(21)9-18(3,4)10-16(17)22/h5-10H2,1-4H3/b14-13+. The highest BCUT2D eigenvalue weighted by atomic mass is 16.1. The maximum atomic E-state index is 12.4. The summed E-state index contributed by atoms with van der Waals surface area (Å²) in [4.78, 5) is 27.0. The molecule has 118 valence electrons. The zero-order valence-electron chi connectivity index (χ0n) is 14.0. The molecular weight excluding hydrogens is 276 g/mol. The van der Waals surface area contributed by atoms with Gasteiger partial charge in [0.05, 0.1) is 11.1 Å². The van der Waals surface area contributed by atoms with Crippen molar-refractivity contribution in [1.82, 2.24) is 4.90 Å². The summed E-state index contributed by atoms with van der Waals surface area (Å²) in [5.41, 5.74) is 1.89. The largest absolute Gasteiger partial charge is 0.374 e. The van der Waals surface area contributed by atoms with E-state index in [2.05, 4.69) is 11.0 Å². The Bertz CT molecular complexity index is 589. The molecule has 0 atom stereocenters. The Balaban J connectivity index is 2.45. The number of carbonyl (C=O) groups excluding carboxylic acids is 2. The topological polar surface area (TPSA) is 61.2 Å². The minimum Gasteiger partial charge on any atom is -0.374 e. The average Bonchev–Trinajstić information content (AvgIpc) is 2.90. The van der Waals surface area contributed by atoms with Gasteiger partial charge < -0.3 is 4.90 Å². The number of allylic oxidation sites excluding steroid dienone is 4. The average molecular weight is 300 g/mol. The van der Waals surface area contributed by atoms with Crippen LogP contribution in [0, 0.1) is 16.7 Å². The predicted molar refractivity (Wildman–Crippen MR) is 84.8 cm³/mol. The Morgan fingerprint density at radius 2 is 1.59 bits per heavy atom. The molecule has 1 heterocycles. The first-order chi connectivity index (χ1) is 10.3. The van der Waals surface area contributed by atoms with Gasteiger partial charge in [0.15, 0.2) is 11.6 Å². The maximum Gasteiger partial charge on any atom is 0.167 e. The molecule has 0 bridgehead atoms. The van der Waals surface area contributed by atoms with Crippen LogP contribution in [0.15, 0.2) is 22.4 Å². The lowest BCUT2D eigenvalue weighted by atomic mass is 9.72. The smallest absolute Gasteiger partial charge is 0.167 e. The zero-order valence-corrected chi connectivity index (χ0v) is 14.0. The number of hydrogen-bond acceptors (Lipinski definition) is 4. The second-order valence-electron chi connectivity index (χ2n) is 7.13. The Morgan fingerprint density at radius 3 is 2.05 bits per heavy atom. The molecule has 0 amide bonds. The monoisotopic (exact) mass is 300 g/mol. The first kappa shape index (κ1) is 16.5. The van der Waals surface area contributed by atoms with Gasteiger partial charge in [-0.1, -0.05) is 13.8 Å². The lowest BCUT2D eigenvalue weighted by Gasteiger charge is -2.29. The summed E-state index contributed by atoms with van der Waals surface area (Å²) in [5.74, 6) is -0.249. The zero-order chi connectivity index (χ0) is 16.5. The van der Waals surface area contributed by atoms with Crippen LogP contribution in [-0.4, -0.2) is 29.6 Å². The summed E-state index contributed by atoms with van der Waals surface area (Å²) in [6.07, 6.45) is 2.98. The van der Waals surface area contributed by atoms with E-state index in [1.54, 1.807) is 6.92 Å². The molecule has 2 fully saturated rings. The van der Waals surface area contributed by atoms with E-state index >= 15 is 0 Å². The second kappa shape index (κ2) is 6.08. The number of carbonyl (C=O) groups is 2. The summed E-state index contributed by atoms with van der Waals surface area (Å²) >= 11 is 0. The van der Waals surface area contributed by atoms with Crippen molar-refractivity contribution in [3.63, 3.8) is 0 Å². The number of hydrogen-bond donors (Lipinski definition) is 0. The van der Waals surface area contributed by atoms with Crippen molar-refractivity contribution in [2.45, 2.75) is 53.4 Å². The van der Waals surface area contributed by atoms with Crippen LogP contribution in [0.25, 0.3) is 0 Å². The van der Waals surface area contributed by atoms with E-state index in [-0.39, 0.29) is 22.6 Å². The number of nitrogens with zero attached hydrogens (tertiary/aromatic N) is 2. The Labute approximate surface area is 132 Å². The summed E-state index contributed by atoms with van der Waals surface area (Å²) in [6, 6.07) is 2.21. The molecule has 0 spiro atoms. The lowest BCUT2D eigenvalue weighted by molar-refractivity contribution is -0.127. The fourth-order valence-electron chi connectivity index (χ4n) is 3.45. The molecule has 1 aliphatic carbocycles. The normalized spacial score (nSPS) is 22.5. The molecule has 0 aromatic rings. The molecule has 22 heavy (non-hydrogen) atoms. The van der Waals surface area contributed by atoms with Crippen molar-refractivity contribution < 1.29 is 9.59 Å². The lowest BCUT2D eigenvalue weighted by Crippen LogP contribution is -2.32. The Morgan fingerprint density at radius 1 is 1.09 bits per heavy atom. The van der Waals surface area contributed by atoms with Crippen LogP contribution in [-0.2, 0) is 9.59 Å². The van der Waals surface area contributed by atoms with E-state index in [0.717, 1.165) is 31.6 Å². The van der Waals surface area contributed by atoms with Gasteiger partial charge in [0.25, 0.3) is 0 Å². The summed E-state index contributed by atoms with van der Waals surface area (Å²) in [5, 5.41) is 9.54. The minimum atomic E-state index is -0.279. The molecule has 1 saturated carbocycles. The van der Waals surface area contributed by atoms with Crippen molar-refractivity contribution in [3.05, 3.63) is 22.4 Å². The SMILES string of the molecule is CC(=C1C(=O)CC(C)(C)CC1=O)/C(C#N)=C(\C)N1CCCC1. The molecule has 2 rings (SSSR count). The fraction of sp³-hybridized carbons (Fsp3) is 0.611. The van der Waals surface area contributed by atoms with Crippen molar-refractivity contribution >= 4 is 11.6 Å². The van der Waals surface area contributed by atoms with E-state index in [1.165, 1.54) is 0 Å². The van der Waals surface area contributed by atoms with Gasteiger partial charge >= 0.3 is 0 Å². The van der Waals surface area contributed by atoms with Crippen LogP contribution in [0.2, 0.25) is 0 Å². The van der Waals surface area contributed by atoms with Crippen LogP contribution < -0.4 is 0 Å². The molecule has 1 saturated heterocycles. The third kappa shape index (κ3) is 3.14. The molecule has 0 unspecified atom stereocenters. The summed E-state index contributed by atoms with van der Waals surface area (Å²) in [6.45, 7) is 9.40. The van der Waals surface area contributed by atoms with Crippen molar-refractivity contribution in [2.24, 2.45) is 5.41 Å². The van der Waals surface area contributed by atoms with Crippen LogP contribution in [0.3, 0.4) is 0 Å². The maximum absolute atomic E-state index is 12.4. The Kier molecular flexibility index (Phi) is 4.55. The number of likely N-dealkylation sites (tertiary alicyclic amines) is 1. The van der Waals surface area contributed by atoms with Gasteiger partial charge in [-0.25, -0.2) is 0 Å². The van der Waals surface area contributed by atoms with Crippen LogP contribution in [0.4, 0.5) is 0 Å².